The predicted molar refractivity (Wildman–Crippen MR) is 94.2 cm³/mol. The van der Waals surface area contributed by atoms with Crippen molar-refractivity contribution in [3.8, 4) is 5.75 Å². The number of rotatable bonds is 3. The van der Waals surface area contributed by atoms with Crippen molar-refractivity contribution in [2.45, 2.75) is 25.2 Å². The Labute approximate surface area is 162 Å². The molecule has 2 unspecified atom stereocenters. The van der Waals surface area contributed by atoms with Crippen LogP contribution in [-0.4, -0.2) is 28.8 Å². The average Bonchev–Trinajstić information content (AvgIpc) is 3.21. The van der Waals surface area contributed by atoms with E-state index >= 15 is 0 Å². The van der Waals surface area contributed by atoms with E-state index in [1.807, 2.05) is 6.92 Å². The molecule has 0 N–H and O–H groups in total. The van der Waals surface area contributed by atoms with Gasteiger partial charge in [0.05, 0.1) is 11.4 Å². The largest absolute Gasteiger partial charge is 0.573 e. The third kappa shape index (κ3) is 2.86. The van der Waals surface area contributed by atoms with E-state index < -0.39 is 29.6 Å². The zero-order chi connectivity index (χ0) is 20.3. The highest BCUT2D eigenvalue weighted by Gasteiger charge is 2.70. The minimum absolute atomic E-state index is 0.0753. The Balaban J connectivity index is 1.69. The zero-order valence-electron chi connectivity index (χ0n) is 14.4. The van der Waals surface area contributed by atoms with E-state index in [2.05, 4.69) is 9.72 Å². The Hall–Kier alpha value is -2.81. The molecule has 1 aliphatic carbocycles. The van der Waals surface area contributed by atoms with Crippen molar-refractivity contribution in [3.63, 3.8) is 0 Å². The van der Waals surface area contributed by atoms with Crippen LogP contribution in [-0.2, 0) is 4.79 Å². The number of hydrogen-bond acceptors (Lipinski definition) is 4. The summed E-state index contributed by atoms with van der Waals surface area (Å²) in [6, 6.07) is 7.05. The van der Waals surface area contributed by atoms with Crippen molar-refractivity contribution in [2.24, 2.45) is 5.92 Å². The molecule has 1 saturated heterocycles. The lowest BCUT2D eigenvalue weighted by molar-refractivity contribution is -0.274. The first-order valence-corrected chi connectivity index (χ1v) is 8.67. The minimum atomic E-state index is -4.83. The van der Waals surface area contributed by atoms with Gasteiger partial charge in [-0.05, 0) is 48.7 Å². The van der Waals surface area contributed by atoms with Crippen LogP contribution in [0.15, 0.2) is 42.6 Å². The predicted octanol–water partition coefficient (Wildman–Crippen LogP) is 4.39. The van der Waals surface area contributed by atoms with Crippen LogP contribution in [0.5, 0.6) is 5.75 Å². The second-order valence-electron chi connectivity index (χ2n) is 6.67. The molecule has 10 heteroatoms. The Bertz CT molecular complexity index is 967. The second kappa shape index (κ2) is 6.10. The van der Waals surface area contributed by atoms with E-state index in [1.54, 1.807) is 6.07 Å². The monoisotopic (exact) mass is 411 g/mol. The fourth-order valence-electron chi connectivity index (χ4n) is 3.56. The number of carbonyl (C=O) groups excluding carboxylic acids is 2. The molecule has 4 rings (SSSR count). The molecule has 1 aliphatic heterocycles. The SMILES string of the molecule is CC1CC12C(=O)N(c1ccc(OC(F)(F)F)cc1)C(=O)N2c1ccnc(Cl)c1. The van der Waals surface area contributed by atoms with Crippen LogP contribution in [0.2, 0.25) is 5.15 Å². The molecule has 6 nitrogen and oxygen atoms in total. The summed E-state index contributed by atoms with van der Waals surface area (Å²) in [7, 11) is 0. The Morgan fingerprint density at radius 2 is 1.82 bits per heavy atom. The number of benzene rings is 1. The zero-order valence-corrected chi connectivity index (χ0v) is 15.2. The Morgan fingerprint density at radius 3 is 2.36 bits per heavy atom. The van der Waals surface area contributed by atoms with Gasteiger partial charge in [0.15, 0.2) is 0 Å². The number of alkyl halides is 3. The lowest BCUT2D eigenvalue weighted by Gasteiger charge is -2.22. The van der Waals surface area contributed by atoms with Gasteiger partial charge in [0.25, 0.3) is 5.91 Å². The number of aromatic nitrogens is 1. The van der Waals surface area contributed by atoms with Crippen molar-refractivity contribution in [3.05, 3.63) is 47.7 Å². The first kappa shape index (κ1) is 18.5. The minimum Gasteiger partial charge on any atom is -0.406 e. The molecule has 0 bridgehead atoms. The molecule has 2 aliphatic rings. The molecule has 146 valence electrons. The molecule has 1 spiro atoms. The second-order valence-corrected chi connectivity index (χ2v) is 7.05. The molecule has 2 aromatic rings. The molecule has 2 fully saturated rings. The number of imide groups is 1. The average molecular weight is 412 g/mol. The number of halogens is 4. The van der Waals surface area contributed by atoms with Crippen molar-refractivity contribution in [2.75, 3.05) is 9.80 Å². The number of pyridine rings is 1. The van der Waals surface area contributed by atoms with Gasteiger partial charge < -0.3 is 4.74 Å². The highest BCUT2D eigenvalue weighted by Crippen LogP contribution is 2.55. The molecule has 1 saturated carbocycles. The fourth-order valence-corrected chi connectivity index (χ4v) is 3.73. The van der Waals surface area contributed by atoms with Crippen molar-refractivity contribution in [1.82, 2.24) is 4.98 Å². The molecule has 2 atom stereocenters. The van der Waals surface area contributed by atoms with Crippen molar-refractivity contribution in [1.29, 1.82) is 0 Å². The van der Waals surface area contributed by atoms with E-state index in [0.29, 0.717) is 12.1 Å². The highest BCUT2D eigenvalue weighted by molar-refractivity contribution is 6.33. The van der Waals surface area contributed by atoms with Gasteiger partial charge in [-0.1, -0.05) is 18.5 Å². The van der Waals surface area contributed by atoms with E-state index in [4.69, 9.17) is 11.6 Å². The van der Waals surface area contributed by atoms with Crippen LogP contribution in [0.4, 0.5) is 29.3 Å². The molecule has 1 aromatic carbocycles. The van der Waals surface area contributed by atoms with E-state index in [1.165, 1.54) is 29.3 Å². The van der Waals surface area contributed by atoms with Crippen molar-refractivity contribution >= 4 is 34.9 Å². The summed E-state index contributed by atoms with van der Waals surface area (Å²) in [5, 5.41) is 0.174. The third-order valence-corrected chi connectivity index (χ3v) is 5.13. The lowest BCUT2D eigenvalue weighted by atomic mass is 10.1. The summed E-state index contributed by atoms with van der Waals surface area (Å²) >= 11 is 5.93. The highest BCUT2D eigenvalue weighted by atomic mass is 35.5. The van der Waals surface area contributed by atoms with Gasteiger partial charge in [-0.25, -0.2) is 14.7 Å². The number of anilines is 2. The number of urea groups is 1. The maximum absolute atomic E-state index is 13.1. The van der Waals surface area contributed by atoms with Gasteiger partial charge in [0, 0.05) is 6.20 Å². The molecular weight excluding hydrogens is 399 g/mol. The first-order valence-electron chi connectivity index (χ1n) is 8.29. The number of carbonyl (C=O) groups is 2. The van der Waals surface area contributed by atoms with Crippen molar-refractivity contribution < 1.29 is 27.5 Å². The standard InChI is InChI=1S/C18H13ClF3N3O3/c1-10-9-17(10)15(26)24(11-2-4-13(5-3-11)28-18(20,21)22)16(27)25(17)12-6-7-23-14(19)8-12/h2-8,10H,9H2,1H3. The number of hydrogen-bond donors (Lipinski definition) is 0. The summed E-state index contributed by atoms with van der Waals surface area (Å²) in [5.74, 6) is -0.946. The molecule has 3 amide bonds. The van der Waals surface area contributed by atoms with Crippen LogP contribution in [0.25, 0.3) is 0 Å². The molecule has 1 aromatic heterocycles. The first-order chi connectivity index (χ1) is 13.1. The number of ether oxygens (including phenoxy) is 1. The van der Waals surface area contributed by atoms with Crippen LogP contribution >= 0.6 is 11.6 Å². The molecule has 28 heavy (non-hydrogen) atoms. The maximum Gasteiger partial charge on any atom is 0.573 e. The summed E-state index contributed by atoms with van der Waals surface area (Å²) in [6.07, 6.45) is -2.92. The quantitative estimate of drug-likeness (QED) is 0.555. The van der Waals surface area contributed by atoms with Gasteiger partial charge in [-0.15, -0.1) is 13.2 Å². The number of nitrogens with zero attached hydrogens (tertiary/aromatic N) is 3. The molecule has 2 heterocycles. The van der Waals surface area contributed by atoms with E-state index in [9.17, 15) is 22.8 Å². The number of amides is 3. The Kier molecular flexibility index (Phi) is 4.04. The van der Waals surface area contributed by atoms with Crippen LogP contribution in [0.1, 0.15) is 13.3 Å². The lowest BCUT2D eigenvalue weighted by Crippen LogP contribution is -2.38. The summed E-state index contributed by atoms with van der Waals surface area (Å²) in [4.78, 5) is 32.4. The van der Waals surface area contributed by atoms with Crippen LogP contribution in [0.3, 0.4) is 0 Å². The van der Waals surface area contributed by atoms with E-state index in [0.717, 1.165) is 17.0 Å². The smallest absolute Gasteiger partial charge is 0.406 e. The van der Waals surface area contributed by atoms with Gasteiger partial charge >= 0.3 is 12.4 Å². The van der Waals surface area contributed by atoms with Gasteiger partial charge in [0.2, 0.25) is 0 Å². The summed E-state index contributed by atoms with van der Waals surface area (Å²) < 4.78 is 40.8. The van der Waals surface area contributed by atoms with E-state index in [-0.39, 0.29) is 16.8 Å². The van der Waals surface area contributed by atoms with Crippen LogP contribution in [0, 0.1) is 5.92 Å². The van der Waals surface area contributed by atoms with Gasteiger partial charge in [-0.3, -0.25) is 9.69 Å². The Morgan fingerprint density at radius 1 is 1.18 bits per heavy atom. The van der Waals surface area contributed by atoms with Gasteiger partial charge in [-0.2, -0.15) is 0 Å². The molecular formula is C18H13ClF3N3O3. The topological polar surface area (TPSA) is 62.7 Å². The van der Waals surface area contributed by atoms with Crippen LogP contribution < -0.4 is 14.5 Å². The maximum atomic E-state index is 13.1. The summed E-state index contributed by atoms with van der Waals surface area (Å²) in [5.41, 5.74) is -0.434. The normalized spacial score (nSPS) is 24.2. The third-order valence-electron chi connectivity index (χ3n) is 4.92. The van der Waals surface area contributed by atoms with Gasteiger partial charge in [0.1, 0.15) is 16.4 Å². The molecule has 0 radical (unpaired) electrons. The fraction of sp³-hybridized carbons (Fsp3) is 0.278. The summed E-state index contributed by atoms with van der Waals surface area (Å²) in [6.45, 7) is 1.85.